The average molecular weight is 442 g/mol. The van der Waals surface area contributed by atoms with Crippen LogP contribution in [-0.2, 0) is 25.6 Å². The van der Waals surface area contributed by atoms with Crippen molar-refractivity contribution in [2.45, 2.75) is 6.54 Å². The van der Waals surface area contributed by atoms with Crippen LogP contribution in [0.2, 0.25) is 0 Å². The highest BCUT2D eigenvalue weighted by molar-refractivity contribution is 6.35. The minimum absolute atomic E-state index is 0.0302. The Balaban J connectivity index is 2.07. The molecule has 0 atom stereocenters. The number of rotatable bonds is 11. The van der Waals surface area contributed by atoms with Gasteiger partial charge in [0.2, 0.25) is 0 Å². The molecule has 0 fully saturated rings. The number of imide groups is 1. The summed E-state index contributed by atoms with van der Waals surface area (Å²) < 4.78 is 29.2. The molecule has 0 aliphatic carbocycles. The molecule has 2 aromatic rings. The number of hydrogen-bond acceptors (Lipinski definition) is 6. The molecule has 0 bridgehead atoms. The zero-order valence-corrected chi connectivity index (χ0v) is 18.5. The van der Waals surface area contributed by atoms with Gasteiger partial charge in [0.05, 0.1) is 32.4 Å². The lowest BCUT2D eigenvalue weighted by Gasteiger charge is -2.25. The van der Waals surface area contributed by atoms with Crippen LogP contribution in [0, 0.1) is 5.82 Å². The van der Waals surface area contributed by atoms with Gasteiger partial charge in [-0.3, -0.25) is 14.5 Å². The van der Waals surface area contributed by atoms with Crippen molar-refractivity contribution in [2.75, 3.05) is 47.6 Å². The molecule has 7 nitrogen and oxygen atoms in total. The lowest BCUT2D eigenvalue weighted by atomic mass is 10.0. The molecule has 32 heavy (non-hydrogen) atoms. The normalized spacial score (nSPS) is 13.8. The molecule has 0 unspecified atom stereocenters. The maximum Gasteiger partial charge on any atom is 0.278 e. The topological polar surface area (TPSA) is 68.3 Å². The van der Waals surface area contributed by atoms with Gasteiger partial charge >= 0.3 is 0 Å². The number of para-hydroxylation sites is 1. The third kappa shape index (κ3) is 4.98. The SMILES string of the molecule is COCCN(CCOC)C1=C(c2ccccc2OC)C(=O)N(Cc2ccc(F)cc2)C1=O. The molecule has 0 radical (unpaired) electrons. The molecule has 0 spiro atoms. The highest BCUT2D eigenvalue weighted by atomic mass is 19.1. The molecule has 2 aromatic carbocycles. The Morgan fingerprint density at radius 3 is 2.09 bits per heavy atom. The van der Waals surface area contributed by atoms with Gasteiger partial charge in [-0.25, -0.2) is 4.39 Å². The third-order valence-corrected chi connectivity index (χ3v) is 5.22. The van der Waals surface area contributed by atoms with E-state index in [0.717, 1.165) is 0 Å². The van der Waals surface area contributed by atoms with E-state index >= 15 is 0 Å². The monoisotopic (exact) mass is 442 g/mol. The predicted molar refractivity (Wildman–Crippen MR) is 117 cm³/mol. The van der Waals surface area contributed by atoms with E-state index in [1.807, 2.05) is 0 Å². The molecule has 0 saturated carbocycles. The number of methoxy groups -OCH3 is 3. The van der Waals surface area contributed by atoms with Crippen molar-refractivity contribution in [2.24, 2.45) is 0 Å². The van der Waals surface area contributed by atoms with Crippen LogP contribution in [0.1, 0.15) is 11.1 Å². The van der Waals surface area contributed by atoms with Gasteiger partial charge in [-0.05, 0) is 23.8 Å². The van der Waals surface area contributed by atoms with E-state index < -0.39 is 11.8 Å². The summed E-state index contributed by atoms with van der Waals surface area (Å²) in [4.78, 5) is 30.1. The number of benzene rings is 2. The Kier molecular flexibility index (Phi) is 7.97. The van der Waals surface area contributed by atoms with Crippen LogP contribution in [0.4, 0.5) is 4.39 Å². The van der Waals surface area contributed by atoms with E-state index in [-0.39, 0.29) is 23.6 Å². The van der Waals surface area contributed by atoms with Crippen LogP contribution < -0.4 is 4.74 Å². The van der Waals surface area contributed by atoms with Gasteiger partial charge in [-0.1, -0.05) is 30.3 Å². The summed E-state index contributed by atoms with van der Waals surface area (Å²) in [5.74, 6) is -0.749. The minimum Gasteiger partial charge on any atom is -0.496 e. The number of amides is 2. The van der Waals surface area contributed by atoms with Gasteiger partial charge in [0.25, 0.3) is 11.8 Å². The summed E-state index contributed by atoms with van der Waals surface area (Å²) >= 11 is 0. The first-order valence-electron chi connectivity index (χ1n) is 10.2. The molecule has 2 amide bonds. The van der Waals surface area contributed by atoms with Crippen molar-refractivity contribution in [3.05, 3.63) is 71.2 Å². The minimum atomic E-state index is -0.432. The fourth-order valence-corrected chi connectivity index (χ4v) is 3.60. The van der Waals surface area contributed by atoms with Crippen molar-refractivity contribution in [3.8, 4) is 5.75 Å². The van der Waals surface area contributed by atoms with Crippen molar-refractivity contribution in [1.29, 1.82) is 0 Å². The van der Waals surface area contributed by atoms with Crippen molar-refractivity contribution >= 4 is 17.4 Å². The van der Waals surface area contributed by atoms with Crippen LogP contribution >= 0.6 is 0 Å². The highest BCUT2D eigenvalue weighted by Gasteiger charge is 2.42. The second-order valence-corrected chi connectivity index (χ2v) is 7.22. The lowest BCUT2D eigenvalue weighted by molar-refractivity contribution is -0.138. The molecule has 1 aliphatic rings. The Hall–Kier alpha value is -3.23. The zero-order chi connectivity index (χ0) is 23.1. The van der Waals surface area contributed by atoms with Crippen LogP contribution in [0.5, 0.6) is 5.75 Å². The number of halogens is 1. The first-order chi connectivity index (χ1) is 15.5. The van der Waals surface area contributed by atoms with Crippen LogP contribution in [0.3, 0.4) is 0 Å². The highest BCUT2D eigenvalue weighted by Crippen LogP contribution is 2.36. The quantitative estimate of drug-likeness (QED) is 0.499. The van der Waals surface area contributed by atoms with Crippen LogP contribution in [0.25, 0.3) is 5.57 Å². The summed E-state index contributed by atoms with van der Waals surface area (Å²) in [6.45, 7) is 1.56. The molecular weight excluding hydrogens is 415 g/mol. The largest absolute Gasteiger partial charge is 0.496 e. The van der Waals surface area contributed by atoms with E-state index in [2.05, 4.69) is 0 Å². The van der Waals surface area contributed by atoms with Crippen molar-refractivity contribution in [3.63, 3.8) is 0 Å². The second-order valence-electron chi connectivity index (χ2n) is 7.22. The van der Waals surface area contributed by atoms with E-state index in [0.29, 0.717) is 43.2 Å². The fourth-order valence-electron chi connectivity index (χ4n) is 3.60. The smallest absolute Gasteiger partial charge is 0.278 e. The van der Waals surface area contributed by atoms with Crippen molar-refractivity contribution in [1.82, 2.24) is 9.80 Å². The standard InChI is InChI=1S/C24H27FN2O5/c1-30-14-12-26(13-15-31-2)22-21(19-6-4-5-7-20(19)32-3)23(28)27(24(22)29)16-17-8-10-18(25)11-9-17/h4-11H,12-16H2,1-3H3. The van der Waals surface area contributed by atoms with E-state index in [9.17, 15) is 14.0 Å². The number of carbonyl (C=O) groups excluding carboxylic acids is 2. The summed E-state index contributed by atoms with van der Waals surface area (Å²) in [6.07, 6.45) is 0. The van der Waals surface area contributed by atoms with Gasteiger partial charge < -0.3 is 19.1 Å². The fraction of sp³-hybridized carbons (Fsp3) is 0.333. The second kappa shape index (κ2) is 10.9. The van der Waals surface area contributed by atoms with E-state index in [1.54, 1.807) is 55.5 Å². The molecule has 170 valence electrons. The number of carbonyl (C=O) groups is 2. The van der Waals surface area contributed by atoms with Gasteiger partial charge in [0, 0.05) is 32.9 Å². The van der Waals surface area contributed by atoms with Gasteiger partial charge in [0.15, 0.2) is 0 Å². The summed E-state index contributed by atoms with van der Waals surface area (Å²) in [5, 5.41) is 0. The van der Waals surface area contributed by atoms with Crippen LogP contribution in [-0.4, -0.2) is 69.2 Å². The molecule has 3 rings (SSSR count). The maximum atomic E-state index is 13.5. The Morgan fingerprint density at radius 1 is 0.875 bits per heavy atom. The summed E-state index contributed by atoms with van der Waals surface area (Å²) in [7, 11) is 4.67. The number of ether oxygens (including phenoxy) is 3. The first-order valence-corrected chi connectivity index (χ1v) is 10.2. The predicted octanol–water partition coefficient (Wildman–Crippen LogP) is 2.71. The Bertz CT molecular complexity index is 982. The Labute approximate surface area is 187 Å². The number of nitrogens with zero attached hydrogens (tertiary/aromatic N) is 2. The van der Waals surface area contributed by atoms with Gasteiger partial charge in [0.1, 0.15) is 17.3 Å². The first kappa shape index (κ1) is 23.4. The van der Waals surface area contributed by atoms with Gasteiger partial charge in [-0.15, -0.1) is 0 Å². The van der Waals surface area contributed by atoms with Gasteiger partial charge in [-0.2, -0.15) is 0 Å². The molecule has 1 heterocycles. The molecule has 0 saturated heterocycles. The maximum absolute atomic E-state index is 13.5. The third-order valence-electron chi connectivity index (χ3n) is 5.22. The van der Waals surface area contributed by atoms with Crippen LogP contribution in [0.15, 0.2) is 54.2 Å². The van der Waals surface area contributed by atoms with E-state index in [4.69, 9.17) is 14.2 Å². The average Bonchev–Trinajstić information content (AvgIpc) is 3.05. The van der Waals surface area contributed by atoms with Crippen molar-refractivity contribution < 1.29 is 28.2 Å². The number of hydrogen-bond donors (Lipinski definition) is 0. The molecular formula is C24H27FN2O5. The molecule has 1 aliphatic heterocycles. The lowest BCUT2D eigenvalue weighted by Crippen LogP contribution is -2.37. The summed E-state index contributed by atoms with van der Waals surface area (Å²) in [5.41, 5.74) is 1.72. The Morgan fingerprint density at radius 2 is 1.50 bits per heavy atom. The molecule has 0 aromatic heterocycles. The molecule has 0 N–H and O–H groups in total. The van der Waals surface area contributed by atoms with E-state index in [1.165, 1.54) is 24.1 Å². The molecule has 8 heteroatoms. The zero-order valence-electron chi connectivity index (χ0n) is 18.5. The summed E-state index contributed by atoms with van der Waals surface area (Å²) in [6, 6.07) is 12.8.